The first-order valence-corrected chi connectivity index (χ1v) is 8.75. The fourth-order valence-corrected chi connectivity index (χ4v) is 3.28. The zero-order chi connectivity index (χ0) is 17.5. The quantitative estimate of drug-likeness (QED) is 0.772. The van der Waals surface area contributed by atoms with E-state index >= 15 is 0 Å². The Bertz CT molecular complexity index is 641. The molecule has 1 aliphatic rings. The highest BCUT2D eigenvalue weighted by Crippen LogP contribution is 2.25. The number of hydrogen-bond donors (Lipinski definition) is 0. The minimum absolute atomic E-state index is 0.531. The second-order valence-electron chi connectivity index (χ2n) is 6.44. The molecule has 0 amide bonds. The molecule has 1 atom stereocenters. The lowest BCUT2D eigenvalue weighted by molar-refractivity contribution is 0.123. The summed E-state index contributed by atoms with van der Waals surface area (Å²) in [4.78, 5) is 6.70. The average molecular weight is 342 g/mol. The molecule has 1 aliphatic heterocycles. The topological polar surface area (TPSA) is 43.8 Å². The Morgan fingerprint density at radius 3 is 2.60 bits per heavy atom. The van der Waals surface area contributed by atoms with E-state index < -0.39 is 0 Å². The Balaban J connectivity index is 1.56. The number of methoxy groups -OCH3 is 2. The Kier molecular flexibility index (Phi) is 6.12. The molecule has 1 unspecified atom stereocenters. The van der Waals surface area contributed by atoms with E-state index in [0.717, 1.165) is 37.7 Å². The van der Waals surface area contributed by atoms with Crippen molar-refractivity contribution >= 4 is 0 Å². The highest BCUT2D eigenvalue weighted by Gasteiger charge is 2.21. The number of benzene rings is 1. The van der Waals surface area contributed by atoms with E-state index in [2.05, 4.69) is 22.0 Å². The number of rotatable bonds is 7. The standard InChI is InChI=1S/C20H26N2O3/c1-23-18-10-17(11-19(12-18)24-2)14-22-9-5-6-16(13-22)15-25-20-7-3-4-8-21-20/h3-4,7-8,10-12,16H,5-6,9,13-15H2,1-2H3. The molecule has 5 nitrogen and oxygen atoms in total. The van der Waals surface area contributed by atoms with Crippen LogP contribution in [0.4, 0.5) is 0 Å². The van der Waals surface area contributed by atoms with Crippen LogP contribution < -0.4 is 14.2 Å². The molecule has 1 saturated heterocycles. The average Bonchev–Trinajstić information content (AvgIpc) is 2.67. The number of likely N-dealkylation sites (tertiary alicyclic amines) is 1. The lowest BCUT2D eigenvalue weighted by Gasteiger charge is -2.32. The van der Waals surface area contributed by atoms with Crippen LogP contribution in [0.15, 0.2) is 42.6 Å². The molecule has 134 valence electrons. The summed E-state index contributed by atoms with van der Waals surface area (Å²) in [7, 11) is 3.37. The number of nitrogens with zero attached hydrogens (tertiary/aromatic N) is 2. The molecule has 1 aromatic carbocycles. The van der Waals surface area contributed by atoms with Crippen molar-refractivity contribution in [2.75, 3.05) is 33.9 Å². The summed E-state index contributed by atoms with van der Waals surface area (Å²) in [6.45, 7) is 3.76. The van der Waals surface area contributed by atoms with E-state index in [1.165, 1.54) is 18.4 Å². The van der Waals surface area contributed by atoms with Gasteiger partial charge in [-0.05, 0) is 43.1 Å². The molecule has 0 aliphatic carbocycles. The van der Waals surface area contributed by atoms with Crippen molar-refractivity contribution < 1.29 is 14.2 Å². The molecule has 0 radical (unpaired) electrons. The highest BCUT2D eigenvalue weighted by atomic mass is 16.5. The zero-order valence-corrected chi connectivity index (χ0v) is 15.0. The minimum Gasteiger partial charge on any atom is -0.497 e. The fourth-order valence-electron chi connectivity index (χ4n) is 3.28. The molecule has 1 fully saturated rings. The maximum absolute atomic E-state index is 5.84. The van der Waals surface area contributed by atoms with E-state index in [1.807, 2.05) is 24.3 Å². The minimum atomic E-state index is 0.531. The first kappa shape index (κ1) is 17.5. The molecule has 1 aromatic heterocycles. The highest BCUT2D eigenvalue weighted by molar-refractivity contribution is 5.38. The molecule has 2 aromatic rings. The first-order valence-electron chi connectivity index (χ1n) is 8.75. The lowest BCUT2D eigenvalue weighted by atomic mass is 9.98. The maximum Gasteiger partial charge on any atom is 0.213 e. The van der Waals surface area contributed by atoms with E-state index in [1.54, 1.807) is 20.4 Å². The number of piperidine rings is 1. The smallest absolute Gasteiger partial charge is 0.213 e. The monoisotopic (exact) mass is 342 g/mol. The molecule has 25 heavy (non-hydrogen) atoms. The van der Waals surface area contributed by atoms with Crippen LogP contribution in [0.2, 0.25) is 0 Å². The second-order valence-corrected chi connectivity index (χ2v) is 6.44. The Morgan fingerprint density at radius 2 is 1.92 bits per heavy atom. The predicted molar refractivity (Wildman–Crippen MR) is 97.3 cm³/mol. The van der Waals surface area contributed by atoms with Gasteiger partial charge in [0.1, 0.15) is 11.5 Å². The van der Waals surface area contributed by atoms with Gasteiger partial charge in [0.2, 0.25) is 5.88 Å². The van der Waals surface area contributed by atoms with Gasteiger partial charge in [-0.25, -0.2) is 4.98 Å². The van der Waals surface area contributed by atoms with Crippen LogP contribution in [-0.2, 0) is 6.54 Å². The van der Waals surface area contributed by atoms with Crippen LogP contribution in [0, 0.1) is 5.92 Å². The summed E-state index contributed by atoms with van der Waals surface area (Å²) in [6, 6.07) is 11.8. The number of hydrogen-bond acceptors (Lipinski definition) is 5. The summed E-state index contributed by atoms with van der Waals surface area (Å²) in [5, 5.41) is 0. The third kappa shape index (κ3) is 5.10. The molecular weight excluding hydrogens is 316 g/mol. The van der Waals surface area contributed by atoms with Gasteiger partial charge in [-0.3, -0.25) is 4.90 Å². The van der Waals surface area contributed by atoms with Crippen LogP contribution in [-0.4, -0.2) is 43.8 Å². The van der Waals surface area contributed by atoms with Gasteiger partial charge in [-0.15, -0.1) is 0 Å². The van der Waals surface area contributed by atoms with E-state index in [-0.39, 0.29) is 0 Å². The number of aromatic nitrogens is 1. The van der Waals surface area contributed by atoms with Gasteiger partial charge >= 0.3 is 0 Å². The van der Waals surface area contributed by atoms with Gasteiger partial charge in [-0.2, -0.15) is 0 Å². The van der Waals surface area contributed by atoms with Crippen molar-refractivity contribution in [1.82, 2.24) is 9.88 Å². The molecular formula is C20H26N2O3. The zero-order valence-electron chi connectivity index (χ0n) is 15.0. The van der Waals surface area contributed by atoms with E-state index in [0.29, 0.717) is 11.8 Å². The Hall–Kier alpha value is -2.27. The van der Waals surface area contributed by atoms with E-state index in [4.69, 9.17) is 14.2 Å². The van der Waals surface area contributed by atoms with Crippen molar-refractivity contribution in [2.24, 2.45) is 5.92 Å². The van der Waals surface area contributed by atoms with Crippen LogP contribution in [0.25, 0.3) is 0 Å². The SMILES string of the molecule is COc1cc(CN2CCCC(COc3ccccn3)C2)cc(OC)c1. The number of pyridine rings is 1. The van der Waals surface area contributed by atoms with Gasteiger partial charge in [0, 0.05) is 37.3 Å². The number of ether oxygens (including phenoxy) is 3. The van der Waals surface area contributed by atoms with E-state index in [9.17, 15) is 0 Å². The molecule has 5 heteroatoms. The van der Waals surface area contributed by atoms with Crippen molar-refractivity contribution in [2.45, 2.75) is 19.4 Å². The van der Waals surface area contributed by atoms with Crippen LogP contribution in [0.1, 0.15) is 18.4 Å². The Morgan fingerprint density at radius 1 is 1.12 bits per heavy atom. The molecule has 0 bridgehead atoms. The predicted octanol–water partition coefficient (Wildman–Crippen LogP) is 3.39. The lowest BCUT2D eigenvalue weighted by Crippen LogP contribution is -2.37. The molecule has 2 heterocycles. The van der Waals surface area contributed by atoms with Crippen molar-refractivity contribution in [3.05, 3.63) is 48.2 Å². The maximum atomic E-state index is 5.84. The Labute approximate surface area is 149 Å². The second kappa shape index (κ2) is 8.72. The van der Waals surface area contributed by atoms with Gasteiger partial charge in [0.15, 0.2) is 0 Å². The van der Waals surface area contributed by atoms with Gasteiger partial charge in [-0.1, -0.05) is 6.07 Å². The summed E-state index contributed by atoms with van der Waals surface area (Å²) in [6.07, 6.45) is 4.15. The van der Waals surface area contributed by atoms with Crippen molar-refractivity contribution in [3.8, 4) is 17.4 Å². The van der Waals surface area contributed by atoms with Crippen LogP contribution >= 0.6 is 0 Å². The van der Waals surface area contributed by atoms with Crippen LogP contribution in [0.3, 0.4) is 0 Å². The first-order chi connectivity index (χ1) is 12.3. The van der Waals surface area contributed by atoms with Gasteiger partial charge in [0.05, 0.1) is 20.8 Å². The van der Waals surface area contributed by atoms with Gasteiger partial charge in [0.25, 0.3) is 0 Å². The van der Waals surface area contributed by atoms with Crippen molar-refractivity contribution in [3.63, 3.8) is 0 Å². The molecule has 0 saturated carbocycles. The normalized spacial score (nSPS) is 17.9. The molecule has 0 spiro atoms. The fraction of sp³-hybridized carbons (Fsp3) is 0.450. The summed E-state index contributed by atoms with van der Waals surface area (Å²) in [5.41, 5.74) is 1.21. The van der Waals surface area contributed by atoms with Gasteiger partial charge < -0.3 is 14.2 Å². The summed E-state index contributed by atoms with van der Waals surface area (Å²) >= 11 is 0. The molecule has 0 N–H and O–H groups in total. The summed E-state index contributed by atoms with van der Waals surface area (Å²) in [5.74, 6) is 2.91. The molecule has 3 rings (SSSR count). The largest absolute Gasteiger partial charge is 0.497 e. The van der Waals surface area contributed by atoms with Crippen LogP contribution in [0.5, 0.6) is 17.4 Å². The van der Waals surface area contributed by atoms with Crippen molar-refractivity contribution in [1.29, 1.82) is 0 Å². The third-order valence-electron chi connectivity index (χ3n) is 4.53. The third-order valence-corrected chi connectivity index (χ3v) is 4.53. The summed E-state index contributed by atoms with van der Waals surface area (Å²) < 4.78 is 16.6.